The first-order chi connectivity index (χ1) is 7.20. The standard InChI is InChI=1S/C7H5F5N2O2/c8-5(9)3-1-2(13)4(15)6(14-3)16-7(10,11)12/h1,5,15H,(H2,13,14). The van der Waals surface area contributed by atoms with Gasteiger partial charge in [0, 0.05) is 0 Å². The fraction of sp³-hybridized carbons (Fsp3) is 0.286. The molecule has 0 saturated heterocycles. The fourth-order valence-corrected chi connectivity index (χ4v) is 0.846. The molecule has 0 aliphatic carbocycles. The number of anilines is 1. The molecule has 0 aliphatic heterocycles. The van der Waals surface area contributed by atoms with Crippen molar-refractivity contribution in [2.45, 2.75) is 12.8 Å². The zero-order valence-corrected chi connectivity index (χ0v) is 7.42. The van der Waals surface area contributed by atoms with E-state index in [1.165, 1.54) is 0 Å². The van der Waals surface area contributed by atoms with Gasteiger partial charge < -0.3 is 15.6 Å². The topological polar surface area (TPSA) is 68.4 Å². The van der Waals surface area contributed by atoms with E-state index in [1.807, 2.05) is 0 Å². The first-order valence-electron chi connectivity index (χ1n) is 3.74. The zero-order chi connectivity index (χ0) is 12.5. The van der Waals surface area contributed by atoms with Gasteiger partial charge in [0.15, 0.2) is 0 Å². The number of ether oxygens (including phenoxy) is 1. The predicted molar refractivity (Wildman–Crippen MR) is 42.0 cm³/mol. The van der Waals surface area contributed by atoms with Crippen molar-refractivity contribution < 1.29 is 31.8 Å². The van der Waals surface area contributed by atoms with Crippen LogP contribution < -0.4 is 10.5 Å². The van der Waals surface area contributed by atoms with Gasteiger partial charge in [0.05, 0.1) is 5.69 Å². The lowest BCUT2D eigenvalue weighted by Crippen LogP contribution is -2.18. The summed E-state index contributed by atoms with van der Waals surface area (Å²) < 4.78 is 62.9. The van der Waals surface area contributed by atoms with Crippen LogP contribution in [0.15, 0.2) is 6.07 Å². The number of aromatic nitrogens is 1. The van der Waals surface area contributed by atoms with Crippen molar-refractivity contribution in [3.63, 3.8) is 0 Å². The Morgan fingerprint density at radius 1 is 1.38 bits per heavy atom. The number of alkyl halides is 5. The number of pyridine rings is 1. The molecule has 1 aromatic heterocycles. The molecule has 0 radical (unpaired) electrons. The van der Waals surface area contributed by atoms with Gasteiger partial charge in [-0.05, 0) is 6.07 Å². The van der Waals surface area contributed by atoms with E-state index >= 15 is 0 Å². The van der Waals surface area contributed by atoms with Crippen LogP contribution in [0.1, 0.15) is 12.1 Å². The van der Waals surface area contributed by atoms with Gasteiger partial charge >= 0.3 is 6.36 Å². The third kappa shape index (κ3) is 2.84. The van der Waals surface area contributed by atoms with E-state index in [2.05, 4.69) is 9.72 Å². The molecule has 1 heterocycles. The Bertz CT molecular complexity index is 393. The van der Waals surface area contributed by atoms with Crippen LogP contribution in [0.3, 0.4) is 0 Å². The normalized spacial score (nSPS) is 11.9. The van der Waals surface area contributed by atoms with Gasteiger partial charge in [-0.2, -0.15) is 0 Å². The van der Waals surface area contributed by atoms with E-state index in [1.54, 1.807) is 0 Å². The predicted octanol–water partition coefficient (Wildman–Crippen LogP) is 2.21. The van der Waals surface area contributed by atoms with Gasteiger partial charge in [0.25, 0.3) is 12.3 Å². The van der Waals surface area contributed by atoms with E-state index in [0.29, 0.717) is 6.07 Å². The lowest BCUT2D eigenvalue weighted by atomic mass is 10.3. The average Bonchev–Trinajstić information content (AvgIpc) is 2.10. The van der Waals surface area contributed by atoms with Crippen LogP contribution in [0.2, 0.25) is 0 Å². The number of aromatic hydroxyl groups is 1. The van der Waals surface area contributed by atoms with Gasteiger partial charge in [0.1, 0.15) is 5.69 Å². The summed E-state index contributed by atoms with van der Waals surface area (Å²) in [7, 11) is 0. The summed E-state index contributed by atoms with van der Waals surface area (Å²) >= 11 is 0. The molecular weight excluding hydrogens is 239 g/mol. The van der Waals surface area contributed by atoms with E-state index in [4.69, 9.17) is 10.8 Å². The van der Waals surface area contributed by atoms with Crippen molar-refractivity contribution in [3.05, 3.63) is 11.8 Å². The summed E-state index contributed by atoms with van der Waals surface area (Å²) in [6, 6.07) is 0.559. The highest BCUT2D eigenvalue weighted by atomic mass is 19.4. The fourth-order valence-electron chi connectivity index (χ4n) is 0.846. The maximum Gasteiger partial charge on any atom is 0.574 e. The molecule has 4 nitrogen and oxygen atoms in total. The minimum absolute atomic E-state index is 0.559. The molecule has 0 fully saturated rings. The monoisotopic (exact) mass is 244 g/mol. The molecule has 90 valence electrons. The van der Waals surface area contributed by atoms with Crippen LogP contribution >= 0.6 is 0 Å². The molecule has 0 unspecified atom stereocenters. The van der Waals surface area contributed by atoms with Crippen molar-refractivity contribution in [3.8, 4) is 11.6 Å². The molecule has 0 saturated carbocycles. The van der Waals surface area contributed by atoms with Crippen molar-refractivity contribution in [1.29, 1.82) is 0 Å². The number of halogens is 5. The summed E-state index contributed by atoms with van der Waals surface area (Å²) in [4.78, 5) is 2.80. The van der Waals surface area contributed by atoms with Crippen molar-refractivity contribution in [2.75, 3.05) is 5.73 Å². The molecule has 16 heavy (non-hydrogen) atoms. The smallest absolute Gasteiger partial charge is 0.502 e. The lowest BCUT2D eigenvalue weighted by molar-refractivity contribution is -0.276. The van der Waals surface area contributed by atoms with Crippen molar-refractivity contribution >= 4 is 5.69 Å². The zero-order valence-electron chi connectivity index (χ0n) is 7.42. The molecule has 0 aliphatic rings. The second kappa shape index (κ2) is 3.99. The van der Waals surface area contributed by atoms with Gasteiger partial charge in [-0.15, -0.1) is 13.2 Å². The second-order valence-corrected chi connectivity index (χ2v) is 2.64. The molecule has 1 rings (SSSR count). The summed E-state index contributed by atoms with van der Waals surface area (Å²) in [6.45, 7) is 0. The highest BCUT2D eigenvalue weighted by molar-refractivity contribution is 5.57. The van der Waals surface area contributed by atoms with Gasteiger partial charge in [-0.1, -0.05) is 0 Å². The van der Waals surface area contributed by atoms with Gasteiger partial charge in [-0.3, -0.25) is 0 Å². The van der Waals surface area contributed by atoms with Crippen LogP contribution in [0.4, 0.5) is 27.6 Å². The van der Waals surface area contributed by atoms with E-state index in [0.717, 1.165) is 0 Å². The van der Waals surface area contributed by atoms with E-state index in [9.17, 15) is 22.0 Å². The molecule has 1 aromatic rings. The number of nitrogen functional groups attached to an aromatic ring is 1. The highest BCUT2D eigenvalue weighted by Gasteiger charge is 2.34. The van der Waals surface area contributed by atoms with E-state index < -0.39 is 35.8 Å². The first-order valence-corrected chi connectivity index (χ1v) is 3.74. The number of hydrogen-bond acceptors (Lipinski definition) is 4. The number of nitrogens with zero attached hydrogens (tertiary/aromatic N) is 1. The molecular formula is C7H5F5N2O2. The summed E-state index contributed by atoms with van der Waals surface area (Å²) in [5, 5.41) is 9.01. The Morgan fingerprint density at radius 2 is 1.94 bits per heavy atom. The Balaban J connectivity index is 3.17. The van der Waals surface area contributed by atoms with Crippen LogP contribution in [-0.2, 0) is 0 Å². The molecule has 3 N–H and O–H groups in total. The van der Waals surface area contributed by atoms with Crippen LogP contribution in [-0.4, -0.2) is 16.5 Å². The summed E-state index contributed by atoms with van der Waals surface area (Å²) in [6.07, 6.45) is -8.28. The molecule has 9 heteroatoms. The second-order valence-electron chi connectivity index (χ2n) is 2.64. The number of rotatable bonds is 2. The van der Waals surface area contributed by atoms with Crippen LogP contribution in [0.25, 0.3) is 0 Å². The Labute approximate surface area is 85.5 Å². The highest BCUT2D eigenvalue weighted by Crippen LogP contribution is 2.36. The number of hydrogen-bond donors (Lipinski definition) is 2. The van der Waals surface area contributed by atoms with Crippen LogP contribution in [0, 0.1) is 0 Å². The minimum Gasteiger partial charge on any atom is -0.502 e. The quantitative estimate of drug-likeness (QED) is 0.782. The molecule has 0 aromatic carbocycles. The summed E-state index contributed by atoms with van der Waals surface area (Å²) in [5.41, 5.74) is 3.31. The number of nitrogens with two attached hydrogens (primary N) is 1. The first kappa shape index (κ1) is 12.3. The van der Waals surface area contributed by atoms with Gasteiger partial charge in [0.2, 0.25) is 5.75 Å². The molecule has 0 bridgehead atoms. The molecule has 0 amide bonds. The van der Waals surface area contributed by atoms with E-state index in [-0.39, 0.29) is 0 Å². The third-order valence-electron chi connectivity index (χ3n) is 1.45. The Kier molecular flexibility index (Phi) is 3.06. The molecule has 0 atom stereocenters. The largest absolute Gasteiger partial charge is 0.574 e. The SMILES string of the molecule is Nc1cc(C(F)F)nc(OC(F)(F)F)c1O. The van der Waals surface area contributed by atoms with Gasteiger partial charge in [-0.25, -0.2) is 13.8 Å². The Hall–Kier alpha value is -1.80. The Morgan fingerprint density at radius 3 is 2.38 bits per heavy atom. The van der Waals surface area contributed by atoms with Crippen LogP contribution in [0.5, 0.6) is 11.6 Å². The maximum absolute atomic E-state index is 12.2. The third-order valence-corrected chi connectivity index (χ3v) is 1.45. The summed E-state index contributed by atoms with van der Waals surface area (Å²) in [5.74, 6) is -2.54. The van der Waals surface area contributed by atoms with Crippen molar-refractivity contribution in [1.82, 2.24) is 4.98 Å². The minimum atomic E-state index is -5.16. The lowest BCUT2D eigenvalue weighted by Gasteiger charge is -2.11. The maximum atomic E-state index is 12.2. The molecule has 0 spiro atoms. The van der Waals surface area contributed by atoms with Crippen molar-refractivity contribution in [2.24, 2.45) is 0 Å². The average molecular weight is 244 g/mol.